The van der Waals surface area contributed by atoms with Crippen molar-refractivity contribution in [2.75, 3.05) is 32.7 Å². The van der Waals surface area contributed by atoms with Gasteiger partial charge in [0, 0.05) is 32.7 Å². The van der Waals surface area contributed by atoms with Gasteiger partial charge >= 0.3 is 6.09 Å². The Balaban J connectivity index is 1.99. The third-order valence-corrected chi connectivity index (χ3v) is 3.59. The average Bonchev–Trinajstić information content (AvgIpc) is 2.86. The van der Waals surface area contributed by atoms with E-state index < -0.39 is 5.60 Å². The van der Waals surface area contributed by atoms with Gasteiger partial charge in [-0.3, -0.25) is 9.69 Å². The lowest BCUT2D eigenvalue weighted by Crippen LogP contribution is -2.53. The van der Waals surface area contributed by atoms with Crippen molar-refractivity contribution in [1.29, 1.82) is 0 Å². The zero-order valence-electron chi connectivity index (χ0n) is 12.6. The first-order valence-electron chi connectivity index (χ1n) is 7.37. The van der Waals surface area contributed by atoms with Gasteiger partial charge in [0.25, 0.3) is 0 Å². The van der Waals surface area contributed by atoms with Crippen LogP contribution in [0.25, 0.3) is 0 Å². The molecule has 0 aromatic heterocycles. The van der Waals surface area contributed by atoms with E-state index in [1.54, 1.807) is 4.90 Å². The van der Waals surface area contributed by atoms with E-state index in [2.05, 4.69) is 5.32 Å². The van der Waals surface area contributed by atoms with Crippen LogP contribution >= 0.6 is 0 Å². The van der Waals surface area contributed by atoms with E-state index in [-0.39, 0.29) is 18.0 Å². The van der Waals surface area contributed by atoms with E-state index in [4.69, 9.17) is 4.74 Å². The Labute approximate surface area is 120 Å². The van der Waals surface area contributed by atoms with Gasteiger partial charge in [0.15, 0.2) is 0 Å². The maximum Gasteiger partial charge on any atom is 0.410 e. The standard InChI is InChI=1S/C14H25N3O3/c1-14(2,3)20-13(19)17-8-4-5-11(17)12(18)16-9-6-15-7-10-16/h11,15H,4-10H2,1-3H3/t11-/m1/s1. The van der Waals surface area contributed by atoms with Gasteiger partial charge in [0.2, 0.25) is 5.91 Å². The summed E-state index contributed by atoms with van der Waals surface area (Å²) >= 11 is 0. The molecule has 20 heavy (non-hydrogen) atoms. The summed E-state index contributed by atoms with van der Waals surface area (Å²) in [5.74, 6) is 0.0647. The van der Waals surface area contributed by atoms with Crippen molar-refractivity contribution in [2.45, 2.75) is 45.3 Å². The molecule has 2 aliphatic heterocycles. The van der Waals surface area contributed by atoms with Gasteiger partial charge < -0.3 is 15.0 Å². The minimum absolute atomic E-state index is 0.0647. The van der Waals surface area contributed by atoms with Crippen LogP contribution in [0.5, 0.6) is 0 Å². The Morgan fingerprint density at radius 3 is 2.40 bits per heavy atom. The smallest absolute Gasteiger partial charge is 0.410 e. The van der Waals surface area contributed by atoms with Crippen molar-refractivity contribution in [1.82, 2.24) is 15.1 Å². The molecule has 2 rings (SSSR count). The number of ether oxygens (including phenoxy) is 1. The van der Waals surface area contributed by atoms with Gasteiger partial charge in [-0.25, -0.2) is 4.79 Å². The molecular formula is C14H25N3O3. The Kier molecular flexibility index (Phi) is 4.52. The number of hydrogen-bond donors (Lipinski definition) is 1. The van der Waals surface area contributed by atoms with Crippen molar-refractivity contribution in [3.63, 3.8) is 0 Å². The van der Waals surface area contributed by atoms with Crippen molar-refractivity contribution in [3.8, 4) is 0 Å². The predicted molar refractivity (Wildman–Crippen MR) is 75.4 cm³/mol. The molecule has 6 nitrogen and oxygen atoms in total. The van der Waals surface area contributed by atoms with Gasteiger partial charge in [-0.15, -0.1) is 0 Å². The number of amides is 2. The number of rotatable bonds is 1. The molecule has 0 spiro atoms. The van der Waals surface area contributed by atoms with Gasteiger partial charge in [0.1, 0.15) is 11.6 Å². The maximum atomic E-state index is 12.5. The number of hydrogen-bond acceptors (Lipinski definition) is 4. The maximum absolute atomic E-state index is 12.5. The van der Waals surface area contributed by atoms with E-state index in [0.717, 1.165) is 39.0 Å². The summed E-state index contributed by atoms with van der Waals surface area (Å²) in [5.41, 5.74) is -0.525. The molecule has 114 valence electrons. The second-order valence-electron chi connectivity index (χ2n) is 6.41. The largest absolute Gasteiger partial charge is 0.444 e. The summed E-state index contributed by atoms with van der Waals surface area (Å²) in [6.07, 6.45) is 1.23. The number of nitrogens with zero attached hydrogens (tertiary/aromatic N) is 2. The average molecular weight is 283 g/mol. The van der Waals surface area contributed by atoms with Crippen LogP contribution in [0.3, 0.4) is 0 Å². The molecule has 2 aliphatic rings. The van der Waals surface area contributed by atoms with Crippen molar-refractivity contribution >= 4 is 12.0 Å². The zero-order chi connectivity index (χ0) is 14.8. The molecule has 0 aliphatic carbocycles. The van der Waals surface area contributed by atoms with Gasteiger partial charge in [-0.2, -0.15) is 0 Å². The summed E-state index contributed by atoms with van der Waals surface area (Å²) in [7, 11) is 0. The highest BCUT2D eigenvalue weighted by molar-refractivity contribution is 5.86. The second kappa shape index (κ2) is 5.99. The van der Waals surface area contributed by atoms with E-state index in [9.17, 15) is 9.59 Å². The quantitative estimate of drug-likeness (QED) is 0.774. The van der Waals surface area contributed by atoms with E-state index in [1.807, 2.05) is 25.7 Å². The fraction of sp³-hybridized carbons (Fsp3) is 0.857. The SMILES string of the molecule is CC(C)(C)OC(=O)N1CCC[C@@H]1C(=O)N1CCNCC1. The molecule has 2 amide bonds. The fourth-order valence-corrected chi connectivity index (χ4v) is 2.66. The molecule has 6 heteroatoms. The minimum Gasteiger partial charge on any atom is -0.444 e. The third-order valence-electron chi connectivity index (χ3n) is 3.59. The summed E-state index contributed by atoms with van der Waals surface area (Å²) < 4.78 is 5.39. The zero-order valence-corrected chi connectivity index (χ0v) is 12.6. The van der Waals surface area contributed by atoms with Crippen LogP contribution in [0.15, 0.2) is 0 Å². The minimum atomic E-state index is -0.525. The van der Waals surface area contributed by atoms with Crippen LogP contribution in [0.4, 0.5) is 4.79 Å². The summed E-state index contributed by atoms with van der Waals surface area (Å²) in [6.45, 7) is 9.22. The van der Waals surface area contributed by atoms with Crippen molar-refractivity contribution < 1.29 is 14.3 Å². The van der Waals surface area contributed by atoms with Crippen LogP contribution in [0.1, 0.15) is 33.6 Å². The topological polar surface area (TPSA) is 61.9 Å². The number of likely N-dealkylation sites (tertiary alicyclic amines) is 1. The first-order chi connectivity index (χ1) is 9.38. The van der Waals surface area contributed by atoms with Crippen molar-refractivity contribution in [2.24, 2.45) is 0 Å². The first-order valence-corrected chi connectivity index (χ1v) is 7.37. The first kappa shape index (κ1) is 15.1. The lowest BCUT2D eigenvalue weighted by Gasteiger charge is -2.33. The molecule has 0 saturated carbocycles. The molecule has 0 unspecified atom stereocenters. The Hall–Kier alpha value is -1.30. The van der Waals surface area contributed by atoms with Crippen LogP contribution in [0, 0.1) is 0 Å². The van der Waals surface area contributed by atoms with Crippen molar-refractivity contribution in [3.05, 3.63) is 0 Å². The molecule has 2 heterocycles. The van der Waals surface area contributed by atoms with Gasteiger partial charge in [0.05, 0.1) is 0 Å². The highest BCUT2D eigenvalue weighted by Gasteiger charge is 2.38. The lowest BCUT2D eigenvalue weighted by atomic mass is 10.1. The van der Waals surface area contributed by atoms with Crippen LogP contribution < -0.4 is 5.32 Å². The molecule has 0 radical (unpaired) electrons. The van der Waals surface area contributed by atoms with Crippen LogP contribution in [-0.2, 0) is 9.53 Å². The van der Waals surface area contributed by atoms with E-state index in [1.165, 1.54) is 0 Å². The summed E-state index contributed by atoms with van der Waals surface area (Å²) in [5, 5.41) is 3.23. The number of nitrogens with one attached hydrogen (secondary N) is 1. The van der Waals surface area contributed by atoms with Gasteiger partial charge in [-0.1, -0.05) is 0 Å². The highest BCUT2D eigenvalue weighted by Crippen LogP contribution is 2.22. The molecule has 0 bridgehead atoms. The Bertz CT molecular complexity index is 372. The molecule has 1 atom stereocenters. The predicted octanol–water partition coefficient (Wildman–Crippen LogP) is 0.818. The molecular weight excluding hydrogens is 258 g/mol. The third kappa shape index (κ3) is 3.62. The Morgan fingerprint density at radius 1 is 1.15 bits per heavy atom. The Morgan fingerprint density at radius 2 is 1.80 bits per heavy atom. The van der Waals surface area contributed by atoms with E-state index in [0.29, 0.717) is 6.54 Å². The molecule has 0 aromatic rings. The number of piperazine rings is 1. The summed E-state index contributed by atoms with van der Waals surface area (Å²) in [6, 6.07) is -0.344. The molecule has 1 N–H and O–H groups in total. The number of carbonyl (C=O) groups is 2. The second-order valence-corrected chi connectivity index (χ2v) is 6.41. The van der Waals surface area contributed by atoms with Crippen LogP contribution in [0.2, 0.25) is 0 Å². The molecule has 2 fully saturated rings. The lowest BCUT2D eigenvalue weighted by molar-refractivity contribution is -0.136. The van der Waals surface area contributed by atoms with Crippen LogP contribution in [-0.4, -0.2) is 66.2 Å². The molecule has 0 aromatic carbocycles. The fourth-order valence-electron chi connectivity index (χ4n) is 2.66. The number of carbonyl (C=O) groups excluding carboxylic acids is 2. The highest BCUT2D eigenvalue weighted by atomic mass is 16.6. The monoisotopic (exact) mass is 283 g/mol. The summed E-state index contributed by atoms with van der Waals surface area (Å²) in [4.78, 5) is 28.2. The normalized spacial score (nSPS) is 23.9. The van der Waals surface area contributed by atoms with Gasteiger partial charge in [-0.05, 0) is 33.6 Å². The van der Waals surface area contributed by atoms with E-state index >= 15 is 0 Å². The molecule has 2 saturated heterocycles.